The molecule has 2 N–H and O–H groups in total. The van der Waals surface area contributed by atoms with Crippen molar-refractivity contribution in [3.8, 4) is 0 Å². The molecule has 66 valence electrons. The van der Waals surface area contributed by atoms with Gasteiger partial charge in [-0.1, -0.05) is 12.1 Å². The zero-order valence-corrected chi connectivity index (χ0v) is 8.33. The van der Waals surface area contributed by atoms with Gasteiger partial charge in [0.15, 0.2) is 0 Å². The minimum atomic E-state index is -2.50. The Labute approximate surface area is 83.1 Å². The zero-order chi connectivity index (χ0) is 9.14. The first-order chi connectivity index (χ1) is 5.61. The average Bonchev–Trinajstić information content (AvgIpc) is 2.03. The van der Waals surface area contributed by atoms with Crippen molar-refractivity contribution in [1.82, 2.24) is 0 Å². The molecule has 1 aromatic carbocycles. The summed E-state index contributed by atoms with van der Waals surface area (Å²) in [5.74, 6) is 0. The van der Waals surface area contributed by atoms with E-state index in [1.165, 1.54) is 0 Å². The molecule has 4 heteroatoms. The molecule has 12 heavy (non-hydrogen) atoms. The van der Waals surface area contributed by atoms with Gasteiger partial charge in [0.2, 0.25) is 0 Å². The number of hydrogen-bond acceptors (Lipinski definition) is 1. The standard InChI is InChI=1S/C8H8F2IN/c9-8(10)7(12)5-2-1-3-6(11)4-5/h1-4,7-8H,12H2/t7-/m0/s1. The lowest BCUT2D eigenvalue weighted by molar-refractivity contribution is 0.116. The van der Waals surface area contributed by atoms with E-state index in [0.717, 1.165) is 3.57 Å². The lowest BCUT2D eigenvalue weighted by Gasteiger charge is -2.10. The Balaban J connectivity index is 2.88. The first-order valence-corrected chi connectivity index (χ1v) is 4.48. The van der Waals surface area contributed by atoms with E-state index in [1.807, 2.05) is 6.07 Å². The molecule has 0 aromatic heterocycles. The van der Waals surface area contributed by atoms with Crippen LogP contribution >= 0.6 is 22.6 Å². The lowest BCUT2D eigenvalue weighted by atomic mass is 10.1. The third-order valence-corrected chi connectivity index (χ3v) is 2.18. The summed E-state index contributed by atoms with van der Waals surface area (Å²) in [5.41, 5.74) is 5.74. The number of halogens is 3. The molecule has 1 atom stereocenters. The molecule has 0 spiro atoms. The topological polar surface area (TPSA) is 26.0 Å². The highest BCUT2D eigenvalue weighted by atomic mass is 127. The smallest absolute Gasteiger partial charge is 0.257 e. The quantitative estimate of drug-likeness (QED) is 0.829. The van der Waals surface area contributed by atoms with Crippen molar-refractivity contribution in [2.45, 2.75) is 12.5 Å². The van der Waals surface area contributed by atoms with Gasteiger partial charge in [0.25, 0.3) is 6.43 Å². The minimum Gasteiger partial charge on any atom is -0.319 e. The Hall–Kier alpha value is -0.230. The number of hydrogen-bond donors (Lipinski definition) is 1. The summed E-state index contributed by atoms with van der Waals surface area (Å²) in [6.07, 6.45) is -2.50. The van der Waals surface area contributed by atoms with Crippen LogP contribution in [-0.4, -0.2) is 6.43 Å². The van der Waals surface area contributed by atoms with Crippen molar-refractivity contribution < 1.29 is 8.78 Å². The van der Waals surface area contributed by atoms with Crippen molar-refractivity contribution >= 4 is 22.6 Å². The maximum absolute atomic E-state index is 12.1. The number of nitrogens with two attached hydrogens (primary N) is 1. The van der Waals surface area contributed by atoms with Crippen LogP contribution < -0.4 is 5.73 Å². The third-order valence-electron chi connectivity index (χ3n) is 1.51. The Morgan fingerprint density at radius 1 is 1.33 bits per heavy atom. The van der Waals surface area contributed by atoms with Gasteiger partial charge in [0, 0.05) is 3.57 Å². The van der Waals surface area contributed by atoms with Gasteiger partial charge in [-0.15, -0.1) is 0 Å². The maximum Gasteiger partial charge on any atom is 0.257 e. The summed E-state index contributed by atoms with van der Waals surface area (Å²) in [7, 11) is 0. The van der Waals surface area contributed by atoms with Crippen LogP contribution in [0.25, 0.3) is 0 Å². The SMILES string of the molecule is N[C@@H](c1cccc(I)c1)C(F)F. The van der Waals surface area contributed by atoms with Crippen molar-refractivity contribution in [2.24, 2.45) is 5.73 Å². The molecule has 1 nitrogen and oxygen atoms in total. The van der Waals surface area contributed by atoms with Gasteiger partial charge in [-0.2, -0.15) is 0 Å². The molecular weight excluding hydrogens is 275 g/mol. The Kier molecular flexibility index (Phi) is 3.39. The van der Waals surface area contributed by atoms with E-state index in [-0.39, 0.29) is 0 Å². The molecule has 0 bridgehead atoms. The maximum atomic E-state index is 12.1. The normalized spacial score (nSPS) is 13.4. The average molecular weight is 283 g/mol. The van der Waals surface area contributed by atoms with Gasteiger partial charge in [-0.3, -0.25) is 0 Å². The van der Waals surface area contributed by atoms with Crippen LogP contribution in [0.3, 0.4) is 0 Å². The largest absolute Gasteiger partial charge is 0.319 e. The molecule has 0 saturated carbocycles. The van der Waals surface area contributed by atoms with E-state index in [4.69, 9.17) is 5.73 Å². The second kappa shape index (κ2) is 4.13. The van der Waals surface area contributed by atoms with Crippen molar-refractivity contribution in [1.29, 1.82) is 0 Å². The van der Waals surface area contributed by atoms with Gasteiger partial charge in [0.05, 0.1) is 6.04 Å². The summed E-state index contributed by atoms with van der Waals surface area (Å²) >= 11 is 2.06. The number of benzene rings is 1. The Bertz CT molecular complexity index is 265. The van der Waals surface area contributed by atoms with Gasteiger partial charge in [-0.25, -0.2) is 8.78 Å². The predicted molar refractivity (Wildman–Crippen MR) is 52.1 cm³/mol. The first kappa shape index (κ1) is 9.85. The molecule has 0 aliphatic rings. The Morgan fingerprint density at radius 2 is 2.00 bits per heavy atom. The van der Waals surface area contributed by atoms with Gasteiger partial charge < -0.3 is 5.73 Å². The fraction of sp³-hybridized carbons (Fsp3) is 0.250. The van der Waals surface area contributed by atoms with E-state index >= 15 is 0 Å². The number of rotatable bonds is 2. The third kappa shape index (κ3) is 2.38. The summed E-state index contributed by atoms with van der Waals surface area (Å²) < 4.78 is 25.2. The second-order valence-electron chi connectivity index (χ2n) is 2.42. The molecule has 1 aromatic rings. The summed E-state index contributed by atoms with van der Waals surface area (Å²) in [6, 6.07) is 5.66. The fourth-order valence-corrected chi connectivity index (χ4v) is 1.43. The van der Waals surface area contributed by atoms with E-state index in [2.05, 4.69) is 22.6 Å². The first-order valence-electron chi connectivity index (χ1n) is 3.40. The van der Waals surface area contributed by atoms with E-state index in [1.54, 1.807) is 18.2 Å². The molecule has 1 rings (SSSR count). The van der Waals surface area contributed by atoms with Gasteiger partial charge >= 0.3 is 0 Å². The molecule has 0 aliphatic heterocycles. The summed E-state index contributed by atoms with van der Waals surface area (Å²) in [4.78, 5) is 0. The fourth-order valence-electron chi connectivity index (χ4n) is 0.859. The van der Waals surface area contributed by atoms with Gasteiger partial charge in [-0.05, 0) is 40.3 Å². The van der Waals surface area contributed by atoms with Crippen LogP contribution in [0.4, 0.5) is 8.78 Å². The molecule has 0 unspecified atom stereocenters. The summed E-state index contributed by atoms with van der Waals surface area (Å²) in [6.45, 7) is 0. The molecule has 0 fully saturated rings. The molecule has 0 amide bonds. The van der Waals surface area contributed by atoms with Crippen LogP contribution in [0.1, 0.15) is 11.6 Å². The highest BCUT2D eigenvalue weighted by Gasteiger charge is 2.16. The summed E-state index contributed by atoms with van der Waals surface area (Å²) in [5, 5.41) is 0. The van der Waals surface area contributed by atoms with Crippen LogP contribution in [-0.2, 0) is 0 Å². The van der Waals surface area contributed by atoms with E-state index in [0.29, 0.717) is 5.56 Å². The molecule has 0 heterocycles. The van der Waals surface area contributed by atoms with Crippen LogP contribution in [0.2, 0.25) is 0 Å². The molecule has 0 radical (unpaired) electrons. The van der Waals surface area contributed by atoms with Crippen molar-refractivity contribution in [3.05, 3.63) is 33.4 Å². The molecule has 0 saturated heterocycles. The Morgan fingerprint density at radius 3 is 2.50 bits per heavy atom. The van der Waals surface area contributed by atoms with Crippen molar-refractivity contribution in [3.63, 3.8) is 0 Å². The van der Waals surface area contributed by atoms with Crippen LogP contribution in [0.5, 0.6) is 0 Å². The number of alkyl halides is 2. The second-order valence-corrected chi connectivity index (χ2v) is 3.66. The highest BCUT2D eigenvalue weighted by Crippen LogP contribution is 2.19. The van der Waals surface area contributed by atoms with Crippen molar-refractivity contribution in [2.75, 3.05) is 0 Å². The monoisotopic (exact) mass is 283 g/mol. The molecule has 0 aliphatic carbocycles. The van der Waals surface area contributed by atoms with Crippen LogP contribution in [0.15, 0.2) is 24.3 Å². The zero-order valence-electron chi connectivity index (χ0n) is 6.18. The minimum absolute atomic E-state index is 0.483. The van der Waals surface area contributed by atoms with E-state index in [9.17, 15) is 8.78 Å². The van der Waals surface area contributed by atoms with Gasteiger partial charge in [0.1, 0.15) is 0 Å². The molecular formula is C8H8F2IN. The van der Waals surface area contributed by atoms with E-state index < -0.39 is 12.5 Å². The predicted octanol–water partition coefficient (Wildman–Crippen LogP) is 2.56. The lowest BCUT2D eigenvalue weighted by Crippen LogP contribution is -2.18. The highest BCUT2D eigenvalue weighted by molar-refractivity contribution is 14.1. The van der Waals surface area contributed by atoms with Crippen LogP contribution in [0, 0.1) is 3.57 Å².